The Morgan fingerprint density at radius 2 is 1.97 bits per heavy atom. The first-order valence-electron chi connectivity index (χ1n) is 11.8. The van der Waals surface area contributed by atoms with Crippen LogP contribution in [0.25, 0.3) is 4.85 Å². The van der Waals surface area contributed by atoms with Crippen LogP contribution in [0.3, 0.4) is 0 Å². The summed E-state index contributed by atoms with van der Waals surface area (Å²) in [6.45, 7) is 15.4. The minimum atomic E-state index is -4.52. The van der Waals surface area contributed by atoms with Crippen LogP contribution in [0.5, 0.6) is 5.75 Å². The first-order valence-corrected chi connectivity index (χ1v) is 11.8. The first-order chi connectivity index (χ1) is 16.6. The number of hydrogen-bond donors (Lipinski definition) is 0. The number of halogens is 3. The number of hydrogen-bond acceptors (Lipinski definition) is 4. The van der Waals surface area contributed by atoms with E-state index in [0.717, 1.165) is 36.5 Å². The molecule has 0 spiro atoms. The van der Waals surface area contributed by atoms with E-state index in [2.05, 4.69) is 34.6 Å². The summed E-state index contributed by atoms with van der Waals surface area (Å²) in [7, 11) is 0. The summed E-state index contributed by atoms with van der Waals surface area (Å²) in [5.41, 5.74) is 2.67. The van der Waals surface area contributed by atoms with Gasteiger partial charge in [0.05, 0.1) is 18.6 Å². The van der Waals surface area contributed by atoms with E-state index >= 15 is 0 Å². The van der Waals surface area contributed by atoms with Crippen LogP contribution in [-0.4, -0.2) is 59.0 Å². The lowest BCUT2D eigenvalue weighted by Crippen LogP contribution is -2.49. The molecule has 0 saturated carbocycles. The molecule has 0 aliphatic carbocycles. The summed E-state index contributed by atoms with van der Waals surface area (Å²) in [5.74, 6) is 0.575. The highest BCUT2D eigenvalue weighted by Crippen LogP contribution is 2.39. The average Bonchev–Trinajstić information content (AvgIpc) is 3.44. The number of piperazine rings is 1. The second-order valence-electron chi connectivity index (χ2n) is 9.29. The molecule has 2 aliphatic heterocycles. The van der Waals surface area contributed by atoms with Crippen molar-refractivity contribution in [3.05, 3.63) is 69.8 Å². The number of amides is 1. The van der Waals surface area contributed by atoms with Crippen LogP contribution in [0.2, 0.25) is 0 Å². The maximum absolute atomic E-state index is 13.0. The molecular weight excluding hydrogens is 457 g/mol. The lowest BCUT2D eigenvalue weighted by molar-refractivity contribution is -0.141. The van der Waals surface area contributed by atoms with E-state index in [4.69, 9.17) is 11.3 Å². The molecule has 2 fully saturated rings. The zero-order valence-corrected chi connectivity index (χ0v) is 20.1. The predicted molar refractivity (Wildman–Crippen MR) is 125 cm³/mol. The Hall–Kier alpha value is -3.12. The molecule has 2 aromatic rings. The molecule has 2 saturated heterocycles. The Balaban J connectivity index is 1.41. The van der Waals surface area contributed by atoms with Gasteiger partial charge in [-0.15, -0.1) is 0 Å². The Morgan fingerprint density at radius 1 is 1.20 bits per heavy atom. The van der Waals surface area contributed by atoms with Crippen LogP contribution in [-0.2, 0) is 6.18 Å². The highest BCUT2D eigenvalue weighted by molar-refractivity contribution is 5.94. The average molecular weight is 487 g/mol. The summed E-state index contributed by atoms with van der Waals surface area (Å²) in [4.78, 5) is 23.9. The maximum Gasteiger partial charge on any atom is 0.433 e. The fraction of sp³-hybridized carbons (Fsp3) is 0.500. The Kier molecular flexibility index (Phi) is 7.04. The quantitative estimate of drug-likeness (QED) is 0.405. The minimum Gasteiger partial charge on any atom is -0.493 e. The number of nitrogens with zero attached hydrogens (tertiary/aromatic N) is 4. The largest absolute Gasteiger partial charge is 0.493 e. The monoisotopic (exact) mass is 486 g/mol. The van der Waals surface area contributed by atoms with Gasteiger partial charge in [-0.1, -0.05) is 6.07 Å². The molecule has 3 atom stereocenters. The number of benzene rings is 1. The number of pyridine rings is 1. The molecule has 2 aliphatic rings. The Bertz CT molecular complexity index is 1130. The minimum absolute atomic E-state index is 0.0312. The molecule has 1 aromatic heterocycles. The second kappa shape index (κ2) is 9.86. The number of carbonyl (C=O) groups excluding carboxylic acids is 1. The van der Waals surface area contributed by atoms with Crippen molar-refractivity contribution in [2.45, 2.75) is 57.9 Å². The van der Waals surface area contributed by atoms with Crippen molar-refractivity contribution in [2.75, 3.05) is 26.2 Å². The summed E-state index contributed by atoms with van der Waals surface area (Å²) in [6, 6.07) is 6.55. The van der Waals surface area contributed by atoms with Crippen molar-refractivity contribution in [3.63, 3.8) is 0 Å². The van der Waals surface area contributed by atoms with Crippen LogP contribution >= 0.6 is 0 Å². The van der Waals surface area contributed by atoms with Gasteiger partial charge in [0.2, 0.25) is 6.54 Å². The lowest BCUT2D eigenvalue weighted by atomic mass is 9.96. The number of carbonyl (C=O) groups is 1. The molecule has 3 heterocycles. The van der Waals surface area contributed by atoms with E-state index in [-0.39, 0.29) is 29.6 Å². The fourth-order valence-electron chi connectivity index (χ4n) is 5.20. The van der Waals surface area contributed by atoms with Crippen LogP contribution < -0.4 is 4.74 Å². The predicted octanol–water partition coefficient (Wildman–Crippen LogP) is 5.07. The summed E-state index contributed by atoms with van der Waals surface area (Å²) in [5, 5.41) is 0. The summed E-state index contributed by atoms with van der Waals surface area (Å²) in [6.07, 6.45) is -1.95. The third kappa shape index (κ3) is 4.98. The number of likely N-dealkylation sites (tertiary alicyclic amines) is 2. The zero-order valence-electron chi connectivity index (χ0n) is 20.1. The lowest BCUT2D eigenvalue weighted by Gasteiger charge is -2.38. The van der Waals surface area contributed by atoms with Gasteiger partial charge in [-0.3, -0.25) is 14.7 Å². The van der Waals surface area contributed by atoms with Crippen LogP contribution in [0.15, 0.2) is 30.5 Å². The van der Waals surface area contributed by atoms with Crippen molar-refractivity contribution >= 4 is 5.91 Å². The SMILES string of the molecule is [C-]#[N+]CCCOc1ccc([C@H](C)N2C[C@H]3C[C@@H]2CN3C(=O)c2ccc(C(F)(F)F)nc2)c(C)c1C. The van der Waals surface area contributed by atoms with Crippen molar-refractivity contribution in [1.82, 2.24) is 14.8 Å². The summed E-state index contributed by atoms with van der Waals surface area (Å²) < 4.78 is 44.2. The number of ether oxygens (including phenoxy) is 1. The molecule has 1 aromatic carbocycles. The highest BCUT2D eigenvalue weighted by atomic mass is 19.4. The molecule has 35 heavy (non-hydrogen) atoms. The number of aromatic nitrogens is 1. The van der Waals surface area contributed by atoms with E-state index in [1.54, 1.807) is 4.90 Å². The van der Waals surface area contributed by atoms with Gasteiger partial charge >= 0.3 is 6.18 Å². The number of rotatable bonds is 7. The molecule has 9 heteroatoms. The third-order valence-electron chi connectivity index (χ3n) is 7.24. The van der Waals surface area contributed by atoms with Gasteiger partial charge in [0, 0.05) is 37.4 Å². The highest BCUT2D eigenvalue weighted by Gasteiger charge is 2.47. The van der Waals surface area contributed by atoms with Gasteiger partial charge in [0.25, 0.3) is 5.91 Å². The maximum atomic E-state index is 13.0. The Morgan fingerprint density at radius 3 is 2.57 bits per heavy atom. The smallest absolute Gasteiger partial charge is 0.433 e. The number of alkyl halides is 3. The van der Waals surface area contributed by atoms with Gasteiger partial charge in [-0.2, -0.15) is 13.2 Å². The Labute approximate surface area is 203 Å². The van der Waals surface area contributed by atoms with Gasteiger partial charge in [-0.25, -0.2) is 6.57 Å². The van der Waals surface area contributed by atoms with E-state index in [0.29, 0.717) is 26.1 Å². The van der Waals surface area contributed by atoms with Crippen LogP contribution in [0.1, 0.15) is 58.5 Å². The normalized spacial score (nSPS) is 20.7. The van der Waals surface area contributed by atoms with Crippen LogP contribution in [0.4, 0.5) is 13.2 Å². The van der Waals surface area contributed by atoms with E-state index < -0.39 is 11.9 Å². The van der Waals surface area contributed by atoms with Gasteiger partial charge in [0.1, 0.15) is 11.4 Å². The topological polar surface area (TPSA) is 50.0 Å². The van der Waals surface area contributed by atoms with Crippen molar-refractivity contribution in [1.29, 1.82) is 0 Å². The first kappa shape index (κ1) is 25.0. The molecule has 2 bridgehead atoms. The molecule has 0 unspecified atom stereocenters. The fourth-order valence-corrected chi connectivity index (χ4v) is 5.20. The second-order valence-corrected chi connectivity index (χ2v) is 9.29. The van der Waals surface area contributed by atoms with Crippen LogP contribution in [0, 0.1) is 20.4 Å². The van der Waals surface area contributed by atoms with Crippen molar-refractivity contribution < 1.29 is 22.7 Å². The van der Waals surface area contributed by atoms with E-state index in [9.17, 15) is 18.0 Å². The van der Waals surface area contributed by atoms with Crippen molar-refractivity contribution in [2.24, 2.45) is 0 Å². The van der Waals surface area contributed by atoms with Crippen molar-refractivity contribution in [3.8, 4) is 5.75 Å². The van der Waals surface area contributed by atoms with E-state index in [1.165, 1.54) is 17.2 Å². The molecular formula is C26H29F3N4O2. The standard InChI is InChI=1S/C26H29F3N4O2/c1-16-17(2)23(35-11-5-10-30-4)8-7-22(16)18(3)32-14-21-12-20(32)15-33(21)25(34)19-6-9-24(31-13-19)26(27,28)29/h6-9,13,18,20-21H,5,10-12,14-15H2,1-3H3/t18-,20+,21+/m0/s1. The number of fused-ring (bicyclic) bond motifs is 2. The molecule has 0 radical (unpaired) electrons. The van der Waals surface area contributed by atoms with Gasteiger partial charge in [-0.05, 0) is 62.1 Å². The van der Waals surface area contributed by atoms with Gasteiger partial charge < -0.3 is 14.5 Å². The molecule has 186 valence electrons. The molecule has 0 N–H and O–H groups in total. The van der Waals surface area contributed by atoms with Gasteiger partial charge in [0.15, 0.2) is 0 Å². The molecule has 6 nitrogen and oxygen atoms in total. The molecule has 1 amide bonds. The molecule has 4 rings (SSSR count). The van der Waals surface area contributed by atoms with E-state index in [1.807, 2.05) is 13.0 Å². The third-order valence-corrected chi connectivity index (χ3v) is 7.24. The summed E-state index contributed by atoms with van der Waals surface area (Å²) >= 11 is 0. The zero-order chi connectivity index (χ0) is 25.3.